The van der Waals surface area contributed by atoms with E-state index in [-0.39, 0.29) is 89.9 Å². The third-order valence-corrected chi connectivity index (χ3v) is 25.0. The number of ether oxygens (including phenoxy) is 1. The van der Waals surface area contributed by atoms with Crippen molar-refractivity contribution in [3.63, 3.8) is 0 Å². The molecule has 2 unspecified atom stereocenters. The van der Waals surface area contributed by atoms with Crippen LogP contribution in [-0.4, -0.2) is 294 Å². The van der Waals surface area contributed by atoms with Crippen LogP contribution in [0.3, 0.4) is 0 Å². The number of carbonyl (C=O) groups excluding carboxylic acids is 12. The zero-order valence-corrected chi connectivity index (χ0v) is 64.7. The lowest BCUT2D eigenvalue weighted by Crippen LogP contribution is -2.68. The number of carbonyl (C=O) groups is 12. The SMILES string of the molecule is CCO[C@@H]1C[C@H]2C(=O)N(C)C3(CCC3)C(=O)N(C)[C@@H](C3CCCC3)C(=O)N(C)[C@H](C(=O)N(C)C)CC(=O)N(C)[C@@H](CC)C(=O)N[C@@H]([C@@H](C)CC)C(=O)N3CCC[C@H]3C(=O)N(C)[C@H]3C/C=C\CCN(C3=O)[C@@H](CC3CCC(C)CC3)C(=O)N(C)CC(=O)N[C@@H](CCC3CC(F)C(C(F)(F)F)C(F)C3)C(=O)N2C1. The molecule has 0 aromatic rings. The summed E-state index contributed by atoms with van der Waals surface area (Å²) in [5, 5.41) is 5.68. The summed E-state index contributed by atoms with van der Waals surface area (Å²) in [4.78, 5) is 196. The molecule has 4 aliphatic heterocycles. The van der Waals surface area contributed by atoms with Gasteiger partial charge in [-0.2, -0.15) is 13.2 Å². The molecule has 2 bridgehead atoms. The van der Waals surface area contributed by atoms with Crippen LogP contribution in [0, 0.1) is 35.5 Å². The number of rotatable bonds is 12. The Morgan fingerprint density at radius 2 is 1.30 bits per heavy atom. The molecule has 596 valence electrons. The molecule has 1 spiro atoms. The van der Waals surface area contributed by atoms with E-state index in [0.717, 1.165) is 35.5 Å². The first kappa shape index (κ1) is 84.6. The Morgan fingerprint density at radius 1 is 0.651 bits per heavy atom. The van der Waals surface area contributed by atoms with E-state index in [2.05, 4.69) is 17.6 Å². The van der Waals surface area contributed by atoms with Crippen molar-refractivity contribution in [2.24, 2.45) is 35.5 Å². The van der Waals surface area contributed by atoms with Crippen molar-refractivity contribution in [3.8, 4) is 0 Å². The van der Waals surface area contributed by atoms with E-state index in [0.29, 0.717) is 57.3 Å². The van der Waals surface area contributed by atoms with Crippen LogP contribution < -0.4 is 10.6 Å². The quantitative estimate of drug-likeness (QED) is 0.167. The largest absolute Gasteiger partial charge is 0.397 e. The van der Waals surface area contributed by atoms with Gasteiger partial charge in [-0.1, -0.05) is 84.8 Å². The van der Waals surface area contributed by atoms with Crippen LogP contribution in [0.15, 0.2) is 12.2 Å². The molecule has 30 heteroatoms. The first-order valence-corrected chi connectivity index (χ1v) is 39.0. The van der Waals surface area contributed by atoms with Gasteiger partial charge in [0.05, 0.1) is 19.1 Å². The minimum atomic E-state index is -5.17. The minimum absolute atomic E-state index is 0.0321. The Balaban J connectivity index is 1.21. The van der Waals surface area contributed by atoms with E-state index >= 15 is 47.1 Å². The summed E-state index contributed by atoms with van der Waals surface area (Å²) in [5.74, 6) is -12.5. The second-order valence-electron chi connectivity index (χ2n) is 32.1. The van der Waals surface area contributed by atoms with E-state index in [1.54, 1.807) is 26.8 Å². The third kappa shape index (κ3) is 18.8. The Labute approximate surface area is 622 Å². The number of hydrogen-bond acceptors (Lipinski definition) is 13. The molecule has 25 nitrogen and oxygen atoms in total. The summed E-state index contributed by atoms with van der Waals surface area (Å²) in [5.41, 5.74) is -1.60. The van der Waals surface area contributed by atoms with Gasteiger partial charge in [0, 0.05) is 89.0 Å². The first-order chi connectivity index (χ1) is 50.0. The summed E-state index contributed by atoms with van der Waals surface area (Å²) in [6.45, 7) is 8.52. The predicted octanol–water partition coefficient (Wildman–Crippen LogP) is 6.05. The van der Waals surface area contributed by atoms with Gasteiger partial charge in [-0.05, 0) is 133 Å². The average molecular weight is 1500 g/mol. The maximum absolute atomic E-state index is 15.7. The average Bonchev–Trinajstić information content (AvgIpc) is 0.862. The van der Waals surface area contributed by atoms with Gasteiger partial charge in [0.2, 0.25) is 70.9 Å². The van der Waals surface area contributed by atoms with Crippen molar-refractivity contribution in [1.82, 2.24) is 59.6 Å². The molecule has 12 amide bonds. The molecule has 2 N–H and O–H groups in total. The third-order valence-electron chi connectivity index (χ3n) is 25.0. The van der Waals surface area contributed by atoms with Crippen LogP contribution in [0.2, 0.25) is 0 Å². The highest BCUT2D eigenvalue weighted by Gasteiger charge is 2.58. The van der Waals surface area contributed by atoms with Gasteiger partial charge in [-0.3, -0.25) is 57.5 Å². The highest BCUT2D eigenvalue weighted by atomic mass is 19.4. The Hall–Kier alpha value is -7.01. The van der Waals surface area contributed by atoms with Gasteiger partial charge in [-0.15, -0.1) is 0 Å². The summed E-state index contributed by atoms with van der Waals surface area (Å²) < 4.78 is 79.1. The number of halogens is 5. The van der Waals surface area contributed by atoms with Crippen molar-refractivity contribution in [1.29, 1.82) is 0 Å². The standard InChI is InChI=1S/C76H119F5N12O13/c1-14-46(5)63-72(103)91-37-22-27-56(91)69(100)87(10)55-26-18-17-21-36-92(71(55)102)58(40-47-30-28-45(4)29-31-47)68(99)85(8)44-60(94)82-53(33-32-48-38-51(77)62(52(78)39-48)76(79,80)81)66(97)93-43-50(106-16-3)41-59(93)70(101)90(13)75(34-23-35-75)74(105)89(12)64(49-24-19-20-25-49)73(104)88(11)57(67(98)84(6)7)42-61(95)86(9)54(15-2)65(96)83-63/h17-18,45-59,62-64H,14-16,19-44H2,1-13H3,(H,82,94)(H,83,96)/b18-17-/t45?,46-,47?,48?,50+,51?,52?,53-,54-,55-,56-,57-,58-,59-,62?,63-,64-/m0/s1. The zero-order valence-electron chi connectivity index (χ0n) is 64.7. The maximum Gasteiger partial charge on any atom is 0.397 e. The Bertz CT molecular complexity index is 3190. The smallest absolute Gasteiger partial charge is 0.377 e. The number of hydrogen-bond donors (Lipinski definition) is 2. The summed E-state index contributed by atoms with van der Waals surface area (Å²) in [6, 6.07) is -11.6. The van der Waals surface area contributed by atoms with Crippen molar-refractivity contribution >= 4 is 70.9 Å². The zero-order chi connectivity index (χ0) is 78.1. The highest BCUT2D eigenvalue weighted by molar-refractivity contribution is 6.01. The first-order valence-electron chi connectivity index (χ1n) is 39.0. The summed E-state index contributed by atoms with van der Waals surface area (Å²) >= 11 is 0. The van der Waals surface area contributed by atoms with Crippen molar-refractivity contribution in [2.45, 2.75) is 273 Å². The molecule has 106 heavy (non-hydrogen) atoms. The molecule has 7 fully saturated rings. The van der Waals surface area contributed by atoms with Crippen LogP contribution in [0.25, 0.3) is 0 Å². The number of likely N-dealkylation sites (N-methyl/N-ethyl adjacent to an activating group) is 7. The number of amides is 12. The number of nitrogens with zero attached hydrogens (tertiary/aromatic N) is 10. The van der Waals surface area contributed by atoms with Gasteiger partial charge in [0.25, 0.3) is 0 Å². The van der Waals surface area contributed by atoms with Crippen LogP contribution in [0.4, 0.5) is 22.0 Å². The van der Waals surface area contributed by atoms with E-state index in [1.807, 2.05) is 13.0 Å². The lowest BCUT2D eigenvalue weighted by molar-refractivity contribution is -0.219. The van der Waals surface area contributed by atoms with Gasteiger partial charge in [0.1, 0.15) is 78.2 Å². The fourth-order valence-corrected chi connectivity index (χ4v) is 18.0. The van der Waals surface area contributed by atoms with Gasteiger partial charge < -0.3 is 64.4 Å². The molecule has 4 saturated carbocycles. The molecule has 8 aliphatic rings. The fraction of sp³-hybridized carbons (Fsp3) is 0.816. The molecular formula is C76H119F5N12O13. The molecule has 4 aliphatic carbocycles. The summed E-state index contributed by atoms with van der Waals surface area (Å²) in [7, 11) is 11.5. The monoisotopic (exact) mass is 1500 g/mol. The molecule has 3 saturated heterocycles. The van der Waals surface area contributed by atoms with Gasteiger partial charge >= 0.3 is 6.18 Å². The van der Waals surface area contributed by atoms with Crippen molar-refractivity contribution < 1.29 is 84.2 Å². The topological polar surface area (TPSA) is 271 Å². The Morgan fingerprint density at radius 3 is 1.89 bits per heavy atom. The Kier molecular flexibility index (Phi) is 29.1. The minimum Gasteiger partial charge on any atom is -0.377 e. The second kappa shape index (κ2) is 36.5. The lowest BCUT2D eigenvalue weighted by atomic mass is 9.73. The van der Waals surface area contributed by atoms with E-state index < -0.39 is 205 Å². The van der Waals surface area contributed by atoms with Gasteiger partial charge in [0.15, 0.2) is 0 Å². The van der Waals surface area contributed by atoms with E-state index in [1.165, 1.54) is 95.6 Å². The number of fused-ring (bicyclic) bond motifs is 4. The molecule has 0 radical (unpaired) electrons. The molecular weight excluding hydrogens is 1380 g/mol. The van der Waals surface area contributed by atoms with Crippen LogP contribution >= 0.6 is 0 Å². The molecule has 0 aromatic carbocycles. The van der Waals surface area contributed by atoms with Crippen LogP contribution in [-0.2, 0) is 62.3 Å². The highest BCUT2D eigenvalue weighted by Crippen LogP contribution is 2.46. The normalized spacial score (nSPS) is 33.5. The number of nitrogens with one attached hydrogen (secondary N) is 2. The summed E-state index contributed by atoms with van der Waals surface area (Å²) in [6.07, 6.45) is -2.35. The molecule has 0 aromatic heterocycles. The maximum atomic E-state index is 15.7. The van der Waals surface area contributed by atoms with E-state index in [4.69, 9.17) is 4.74 Å². The second-order valence-corrected chi connectivity index (χ2v) is 32.1. The number of alkyl halides is 5. The van der Waals surface area contributed by atoms with Crippen LogP contribution in [0.1, 0.15) is 189 Å². The van der Waals surface area contributed by atoms with Crippen molar-refractivity contribution in [3.05, 3.63) is 12.2 Å². The predicted molar refractivity (Wildman–Crippen MR) is 383 cm³/mol. The fourth-order valence-electron chi connectivity index (χ4n) is 18.0. The lowest BCUT2D eigenvalue weighted by Gasteiger charge is -2.51. The van der Waals surface area contributed by atoms with Crippen LogP contribution in [0.5, 0.6) is 0 Å². The van der Waals surface area contributed by atoms with E-state index in [9.17, 15) is 32.3 Å². The van der Waals surface area contributed by atoms with Crippen molar-refractivity contribution in [2.75, 3.05) is 89.2 Å². The van der Waals surface area contributed by atoms with Gasteiger partial charge in [-0.25, -0.2) is 8.78 Å². The molecule has 8 rings (SSSR count). The molecule has 13 atom stereocenters. The molecule has 4 heterocycles.